The number of nitrogens with one attached hydrogen (secondary N) is 1. The van der Waals surface area contributed by atoms with Gasteiger partial charge in [0.05, 0.1) is 12.7 Å². The van der Waals surface area contributed by atoms with Crippen LogP contribution in [0.25, 0.3) is 0 Å². The van der Waals surface area contributed by atoms with Crippen LogP contribution < -0.4 is 5.32 Å². The summed E-state index contributed by atoms with van der Waals surface area (Å²) in [6.07, 6.45) is 3.40. The number of aromatic nitrogens is 1. The number of amides is 1. The predicted octanol–water partition coefficient (Wildman–Crippen LogP) is 1.76. The van der Waals surface area contributed by atoms with Crippen LogP contribution in [0.3, 0.4) is 0 Å². The fraction of sp³-hybridized carbons (Fsp3) is 0.385. The standard InChI is InChI=1S/C13H14N2O3S/c16-12(10-5-6-15-18-10)14-8-13(17,9-3-4-9)11-2-1-7-19-11/h1-2,5-7,9,17H,3-4,8H2,(H,14,16). The molecule has 0 radical (unpaired) electrons. The summed E-state index contributed by atoms with van der Waals surface area (Å²) in [6.45, 7) is 0.192. The van der Waals surface area contributed by atoms with Crippen molar-refractivity contribution in [1.82, 2.24) is 10.5 Å². The molecule has 2 heterocycles. The first kappa shape index (κ1) is 12.4. The van der Waals surface area contributed by atoms with Gasteiger partial charge in [0, 0.05) is 10.9 Å². The van der Waals surface area contributed by atoms with E-state index in [2.05, 4.69) is 10.5 Å². The highest BCUT2D eigenvalue weighted by atomic mass is 32.1. The van der Waals surface area contributed by atoms with Crippen molar-refractivity contribution < 1.29 is 14.4 Å². The lowest BCUT2D eigenvalue weighted by Gasteiger charge is -2.27. The summed E-state index contributed by atoms with van der Waals surface area (Å²) < 4.78 is 4.79. The summed E-state index contributed by atoms with van der Waals surface area (Å²) in [5, 5.41) is 18.9. The van der Waals surface area contributed by atoms with Gasteiger partial charge in [0.15, 0.2) is 0 Å². The van der Waals surface area contributed by atoms with Gasteiger partial charge in [-0.15, -0.1) is 11.3 Å². The first-order valence-electron chi connectivity index (χ1n) is 6.15. The van der Waals surface area contributed by atoms with E-state index in [0.29, 0.717) is 0 Å². The third-order valence-electron chi connectivity index (χ3n) is 3.38. The second-order valence-corrected chi connectivity index (χ2v) is 5.68. The van der Waals surface area contributed by atoms with Crippen molar-refractivity contribution >= 4 is 17.2 Å². The fourth-order valence-corrected chi connectivity index (χ4v) is 3.06. The number of hydrogen-bond acceptors (Lipinski definition) is 5. The van der Waals surface area contributed by atoms with Gasteiger partial charge >= 0.3 is 0 Å². The maximum atomic E-state index is 11.8. The summed E-state index contributed by atoms with van der Waals surface area (Å²) in [5.41, 5.74) is -0.968. The summed E-state index contributed by atoms with van der Waals surface area (Å²) in [5.74, 6) is 0.0265. The Morgan fingerprint density at radius 3 is 3.00 bits per heavy atom. The van der Waals surface area contributed by atoms with Gasteiger partial charge in [0.25, 0.3) is 5.91 Å². The number of thiophene rings is 1. The molecular formula is C13H14N2O3S. The monoisotopic (exact) mass is 278 g/mol. The van der Waals surface area contributed by atoms with Crippen molar-refractivity contribution in [3.63, 3.8) is 0 Å². The van der Waals surface area contributed by atoms with E-state index in [1.54, 1.807) is 0 Å². The normalized spacial score (nSPS) is 17.9. The lowest BCUT2D eigenvalue weighted by molar-refractivity contribution is 0.0165. The smallest absolute Gasteiger partial charge is 0.290 e. The lowest BCUT2D eigenvalue weighted by Crippen LogP contribution is -2.41. The molecule has 1 fully saturated rings. The minimum atomic E-state index is -0.968. The van der Waals surface area contributed by atoms with Crippen molar-refractivity contribution in [2.24, 2.45) is 5.92 Å². The van der Waals surface area contributed by atoms with E-state index in [1.807, 2.05) is 17.5 Å². The molecule has 0 bridgehead atoms. The average molecular weight is 278 g/mol. The molecule has 2 aromatic heterocycles. The molecule has 1 amide bonds. The molecule has 1 atom stereocenters. The van der Waals surface area contributed by atoms with E-state index in [0.717, 1.165) is 17.7 Å². The van der Waals surface area contributed by atoms with Gasteiger partial charge in [-0.25, -0.2) is 0 Å². The van der Waals surface area contributed by atoms with Crippen LogP contribution in [-0.4, -0.2) is 22.7 Å². The molecule has 5 nitrogen and oxygen atoms in total. The first-order chi connectivity index (χ1) is 9.20. The second-order valence-electron chi connectivity index (χ2n) is 4.74. The van der Waals surface area contributed by atoms with Gasteiger partial charge in [-0.3, -0.25) is 4.79 Å². The third kappa shape index (κ3) is 2.41. The Hall–Kier alpha value is -1.66. The highest BCUT2D eigenvalue weighted by molar-refractivity contribution is 7.10. The molecular weight excluding hydrogens is 264 g/mol. The zero-order valence-corrected chi connectivity index (χ0v) is 11.0. The van der Waals surface area contributed by atoms with E-state index in [-0.39, 0.29) is 24.1 Å². The summed E-state index contributed by atoms with van der Waals surface area (Å²) in [7, 11) is 0. The minimum Gasteiger partial charge on any atom is -0.382 e. The van der Waals surface area contributed by atoms with Crippen molar-refractivity contribution in [1.29, 1.82) is 0 Å². The van der Waals surface area contributed by atoms with Crippen molar-refractivity contribution in [2.45, 2.75) is 18.4 Å². The van der Waals surface area contributed by atoms with Crippen LogP contribution in [0.1, 0.15) is 28.3 Å². The van der Waals surface area contributed by atoms with Crippen LogP contribution in [0.5, 0.6) is 0 Å². The molecule has 1 aliphatic rings. The van der Waals surface area contributed by atoms with Crippen LogP contribution >= 0.6 is 11.3 Å². The molecule has 100 valence electrons. The molecule has 1 aliphatic carbocycles. The van der Waals surface area contributed by atoms with E-state index < -0.39 is 5.60 Å². The molecule has 3 rings (SSSR count). The number of carbonyl (C=O) groups excluding carboxylic acids is 1. The topological polar surface area (TPSA) is 75.4 Å². The van der Waals surface area contributed by atoms with Gasteiger partial charge in [-0.2, -0.15) is 0 Å². The van der Waals surface area contributed by atoms with Gasteiger partial charge in [-0.1, -0.05) is 11.2 Å². The Kier molecular flexibility index (Phi) is 3.12. The van der Waals surface area contributed by atoms with E-state index in [4.69, 9.17) is 4.52 Å². The molecule has 0 aromatic carbocycles. The van der Waals surface area contributed by atoms with Gasteiger partial charge < -0.3 is 14.9 Å². The van der Waals surface area contributed by atoms with Gasteiger partial charge in [0.1, 0.15) is 5.60 Å². The predicted molar refractivity (Wildman–Crippen MR) is 69.8 cm³/mol. The first-order valence-corrected chi connectivity index (χ1v) is 7.03. The van der Waals surface area contributed by atoms with Crippen LogP contribution in [0.2, 0.25) is 0 Å². The minimum absolute atomic E-state index is 0.157. The highest BCUT2D eigenvalue weighted by Gasteiger charge is 2.46. The Morgan fingerprint density at radius 1 is 1.58 bits per heavy atom. The zero-order chi connectivity index (χ0) is 13.3. The number of rotatable bonds is 5. The Balaban J connectivity index is 1.71. The summed E-state index contributed by atoms with van der Waals surface area (Å²) >= 11 is 1.51. The van der Waals surface area contributed by atoms with Gasteiger partial charge in [0.2, 0.25) is 5.76 Å². The Bertz CT molecular complexity index is 548. The van der Waals surface area contributed by atoms with E-state index in [9.17, 15) is 9.90 Å². The van der Waals surface area contributed by atoms with E-state index >= 15 is 0 Å². The number of carbonyl (C=O) groups is 1. The third-order valence-corrected chi connectivity index (χ3v) is 4.42. The van der Waals surface area contributed by atoms with Crippen LogP contribution in [-0.2, 0) is 5.60 Å². The molecule has 0 spiro atoms. The quantitative estimate of drug-likeness (QED) is 0.874. The van der Waals surface area contributed by atoms with Crippen LogP contribution in [0.15, 0.2) is 34.3 Å². The SMILES string of the molecule is O=C(NCC(O)(c1cccs1)C1CC1)c1ccno1. The summed E-state index contributed by atoms with van der Waals surface area (Å²) in [4.78, 5) is 12.7. The zero-order valence-electron chi connectivity index (χ0n) is 10.2. The molecule has 1 unspecified atom stereocenters. The largest absolute Gasteiger partial charge is 0.382 e. The Labute approximate surface area is 114 Å². The van der Waals surface area contributed by atoms with Crippen molar-refractivity contribution in [2.75, 3.05) is 6.54 Å². The molecule has 2 N–H and O–H groups in total. The molecule has 19 heavy (non-hydrogen) atoms. The second kappa shape index (κ2) is 4.79. The van der Waals surface area contributed by atoms with Crippen LogP contribution in [0.4, 0.5) is 0 Å². The molecule has 2 aromatic rings. The molecule has 0 saturated heterocycles. The fourth-order valence-electron chi connectivity index (χ4n) is 2.15. The lowest BCUT2D eigenvalue weighted by atomic mass is 9.95. The molecule has 1 saturated carbocycles. The Morgan fingerprint density at radius 2 is 2.42 bits per heavy atom. The molecule has 0 aliphatic heterocycles. The number of aliphatic hydroxyl groups is 1. The van der Waals surface area contributed by atoms with Crippen molar-refractivity contribution in [3.8, 4) is 0 Å². The highest BCUT2D eigenvalue weighted by Crippen LogP contribution is 2.46. The number of hydrogen-bond donors (Lipinski definition) is 2. The maximum Gasteiger partial charge on any atom is 0.290 e. The molecule has 6 heteroatoms. The maximum absolute atomic E-state index is 11.8. The van der Waals surface area contributed by atoms with Crippen LogP contribution in [0, 0.1) is 5.92 Å². The van der Waals surface area contributed by atoms with Crippen molar-refractivity contribution in [3.05, 3.63) is 40.4 Å². The van der Waals surface area contributed by atoms with E-state index in [1.165, 1.54) is 23.6 Å². The average Bonchev–Trinajstić information content (AvgIpc) is 2.95. The van der Waals surface area contributed by atoms with Gasteiger partial charge in [-0.05, 0) is 30.2 Å². The number of nitrogens with zero attached hydrogens (tertiary/aromatic N) is 1. The summed E-state index contributed by atoms with van der Waals surface area (Å²) in [6, 6.07) is 5.31.